The van der Waals surface area contributed by atoms with Gasteiger partial charge in [0, 0.05) is 18.7 Å². The molecule has 21 heavy (non-hydrogen) atoms. The van der Waals surface area contributed by atoms with Crippen LogP contribution in [0.25, 0.3) is 0 Å². The zero-order valence-corrected chi connectivity index (χ0v) is 11.2. The maximum absolute atomic E-state index is 12.0. The molecule has 1 aromatic heterocycles. The summed E-state index contributed by atoms with van der Waals surface area (Å²) in [4.78, 5) is 12.0. The summed E-state index contributed by atoms with van der Waals surface area (Å²) in [5, 5.41) is 6.68. The predicted molar refractivity (Wildman–Crippen MR) is 69.0 cm³/mol. The number of nitrogens with one attached hydrogen (secondary N) is 1. The molecule has 1 aromatic carbocycles. The van der Waals surface area contributed by atoms with E-state index >= 15 is 0 Å². The van der Waals surface area contributed by atoms with E-state index in [0.29, 0.717) is 5.82 Å². The lowest BCUT2D eigenvalue weighted by Crippen LogP contribution is -2.17. The summed E-state index contributed by atoms with van der Waals surface area (Å²) in [5.41, 5.74) is 0.949. The highest BCUT2D eigenvalue weighted by molar-refractivity contribution is 6.03. The van der Waals surface area contributed by atoms with Crippen molar-refractivity contribution in [2.75, 3.05) is 5.32 Å². The van der Waals surface area contributed by atoms with Crippen molar-refractivity contribution in [3.8, 4) is 5.75 Å². The van der Waals surface area contributed by atoms with Crippen LogP contribution in [0.1, 0.15) is 16.1 Å². The van der Waals surface area contributed by atoms with E-state index in [1.54, 1.807) is 20.0 Å². The van der Waals surface area contributed by atoms with E-state index in [9.17, 15) is 18.0 Å². The van der Waals surface area contributed by atoms with Gasteiger partial charge in [0.25, 0.3) is 5.91 Å². The van der Waals surface area contributed by atoms with Crippen LogP contribution in [0.2, 0.25) is 0 Å². The van der Waals surface area contributed by atoms with Gasteiger partial charge in [0.2, 0.25) is 0 Å². The summed E-state index contributed by atoms with van der Waals surface area (Å²) in [6, 6.07) is 6.34. The van der Waals surface area contributed by atoms with Crippen molar-refractivity contribution >= 4 is 11.7 Å². The summed E-state index contributed by atoms with van der Waals surface area (Å²) in [6.07, 6.45) is -4.75. The third-order valence-corrected chi connectivity index (χ3v) is 2.59. The van der Waals surface area contributed by atoms with Crippen molar-refractivity contribution in [3.05, 3.63) is 41.6 Å². The molecule has 0 aliphatic carbocycles. The van der Waals surface area contributed by atoms with E-state index in [4.69, 9.17) is 0 Å². The summed E-state index contributed by atoms with van der Waals surface area (Å²) in [6.45, 7) is 1.78. The summed E-state index contributed by atoms with van der Waals surface area (Å²) < 4.78 is 41.3. The molecule has 0 saturated heterocycles. The molecule has 0 unspecified atom stereocenters. The molecule has 0 bridgehead atoms. The topological polar surface area (TPSA) is 56.1 Å². The van der Waals surface area contributed by atoms with Gasteiger partial charge in [-0.15, -0.1) is 13.2 Å². The fraction of sp³-hybridized carbons (Fsp3) is 0.231. The first-order valence-electron chi connectivity index (χ1n) is 5.92. The van der Waals surface area contributed by atoms with Gasteiger partial charge in [-0.3, -0.25) is 9.48 Å². The minimum atomic E-state index is -4.75. The quantitative estimate of drug-likeness (QED) is 0.948. The average molecular weight is 299 g/mol. The van der Waals surface area contributed by atoms with E-state index in [-0.39, 0.29) is 11.3 Å². The lowest BCUT2D eigenvalue weighted by molar-refractivity contribution is -0.274. The maximum Gasteiger partial charge on any atom is 0.573 e. The molecule has 0 atom stereocenters. The summed E-state index contributed by atoms with van der Waals surface area (Å²) in [5.74, 6) is -0.333. The predicted octanol–water partition coefficient (Wildman–Crippen LogP) is 2.88. The SMILES string of the molecule is Cc1cc(NC(=O)c2ccc(OC(F)(F)F)cc2)n(C)n1. The van der Waals surface area contributed by atoms with Gasteiger partial charge < -0.3 is 10.1 Å². The minimum absolute atomic E-state index is 0.211. The second-order valence-corrected chi connectivity index (χ2v) is 4.32. The zero-order chi connectivity index (χ0) is 15.6. The Morgan fingerprint density at radius 1 is 1.29 bits per heavy atom. The van der Waals surface area contributed by atoms with Crippen molar-refractivity contribution in [2.45, 2.75) is 13.3 Å². The second kappa shape index (κ2) is 5.47. The number of rotatable bonds is 3. The van der Waals surface area contributed by atoms with Crippen LogP contribution in [0, 0.1) is 6.92 Å². The number of ether oxygens (including phenoxy) is 1. The van der Waals surface area contributed by atoms with Crippen LogP contribution in [0.5, 0.6) is 5.75 Å². The Labute approximate surface area is 118 Å². The first-order chi connectivity index (χ1) is 9.74. The van der Waals surface area contributed by atoms with Gasteiger partial charge in [0.05, 0.1) is 5.69 Å². The Morgan fingerprint density at radius 3 is 2.38 bits per heavy atom. The van der Waals surface area contributed by atoms with Crippen LogP contribution in [0.4, 0.5) is 19.0 Å². The van der Waals surface area contributed by atoms with Crippen LogP contribution >= 0.6 is 0 Å². The number of alkyl halides is 3. The Hall–Kier alpha value is -2.51. The molecule has 8 heteroatoms. The van der Waals surface area contributed by atoms with Crippen LogP contribution in [-0.4, -0.2) is 22.1 Å². The van der Waals surface area contributed by atoms with Gasteiger partial charge in [0.1, 0.15) is 11.6 Å². The smallest absolute Gasteiger partial charge is 0.406 e. The lowest BCUT2D eigenvalue weighted by Gasteiger charge is -2.09. The zero-order valence-electron chi connectivity index (χ0n) is 11.2. The number of amides is 1. The molecule has 112 valence electrons. The molecule has 2 aromatic rings. The van der Waals surface area contributed by atoms with E-state index in [1.807, 2.05) is 0 Å². The van der Waals surface area contributed by atoms with Crippen LogP contribution < -0.4 is 10.1 Å². The van der Waals surface area contributed by atoms with Gasteiger partial charge in [-0.2, -0.15) is 5.10 Å². The lowest BCUT2D eigenvalue weighted by atomic mass is 10.2. The molecule has 1 N–H and O–H groups in total. The van der Waals surface area contributed by atoms with Crippen LogP contribution in [-0.2, 0) is 7.05 Å². The summed E-state index contributed by atoms with van der Waals surface area (Å²) >= 11 is 0. The second-order valence-electron chi connectivity index (χ2n) is 4.32. The molecule has 0 aliphatic rings. The molecule has 0 aliphatic heterocycles. The van der Waals surface area contributed by atoms with Crippen molar-refractivity contribution in [2.24, 2.45) is 7.05 Å². The molecular formula is C13H12F3N3O2. The molecular weight excluding hydrogens is 287 g/mol. The number of benzene rings is 1. The normalized spacial score (nSPS) is 11.3. The van der Waals surface area contributed by atoms with E-state index in [1.165, 1.54) is 16.8 Å². The van der Waals surface area contributed by atoms with Gasteiger partial charge in [-0.25, -0.2) is 0 Å². The number of aryl methyl sites for hydroxylation is 2. The first kappa shape index (κ1) is 14.9. The molecule has 0 radical (unpaired) electrons. The number of carbonyl (C=O) groups excluding carboxylic acids is 1. The van der Waals surface area contributed by atoms with Crippen LogP contribution in [0.15, 0.2) is 30.3 Å². The third kappa shape index (κ3) is 3.98. The van der Waals surface area contributed by atoms with Gasteiger partial charge in [-0.1, -0.05) is 0 Å². The van der Waals surface area contributed by atoms with Gasteiger partial charge in [-0.05, 0) is 31.2 Å². The largest absolute Gasteiger partial charge is 0.573 e. The van der Waals surface area contributed by atoms with Crippen molar-refractivity contribution < 1.29 is 22.7 Å². The Kier molecular flexibility index (Phi) is 3.88. The Morgan fingerprint density at radius 2 is 1.90 bits per heavy atom. The number of aromatic nitrogens is 2. The maximum atomic E-state index is 12.0. The van der Waals surface area contributed by atoms with Crippen molar-refractivity contribution in [1.82, 2.24) is 9.78 Å². The number of hydrogen-bond acceptors (Lipinski definition) is 3. The monoisotopic (exact) mass is 299 g/mol. The summed E-state index contributed by atoms with van der Waals surface area (Å²) in [7, 11) is 1.67. The fourth-order valence-corrected chi connectivity index (χ4v) is 1.72. The highest BCUT2D eigenvalue weighted by atomic mass is 19.4. The molecule has 1 amide bonds. The van der Waals surface area contributed by atoms with Crippen molar-refractivity contribution in [1.29, 1.82) is 0 Å². The highest BCUT2D eigenvalue weighted by Gasteiger charge is 2.31. The molecule has 0 spiro atoms. The molecule has 1 heterocycles. The molecule has 0 saturated carbocycles. The standard InChI is InChI=1S/C13H12F3N3O2/c1-8-7-11(19(2)18-8)17-12(20)9-3-5-10(6-4-9)21-13(14,15)16/h3-7H,1-2H3,(H,17,20). The fourth-order valence-electron chi connectivity index (χ4n) is 1.72. The van der Waals surface area contributed by atoms with Gasteiger partial charge in [0.15, 0.2) is 0 Å². The van der Waals surface area contributed by atoms with E-state index in [0.717, 1.165) is 17.8 Å². The van der Waals surface area contributed by atoms with Gasteiger partial charge >= 0.3 is 6.36 Å². The minimum Gasteiger partial charge on any atom is -0.406 e. The molecule has 2 rings (SSSR count). The Bertz CT molecular complexity index is 648. The number of hydrogen-bond donors (Lipinski definition) is 1. The van der Waals surface area contributed by atoms with Crippen LogP contribution in [0.3, 0.4) is 0 Å². The Balaban J connectivity index is 2.08. The van der Waals surface area contributed by atoms with Crippen molar-refractivity contribution in [3.63, 3.8) is 0 Å². The molecule has 0 fully saturated rings. The highest BCUT2D eigenvalue weighted by Crippen LogP contribution is 2.23. The number of anilines is 1. The number of carbonyl (C=O) groups is 1. The third-order valence-electron chi connectivity index (χ3n) is 2.59. The van der Waals surface area contributed by atoms with E-state index < -0.39 is 12.3 Å². The average Bonchev–Trinajstić information content (AvgIpc) is 2.66. The van der Waals surface area contributed by atoms with E-state index in [2.05, 4.69) is 15.2 Å². The first-order valence-corrected chi connectivity index (χ1v) is 5.92. The number of nitrogens with zero attached hydrogens (tertiary/aromatic N) is 2. The number of halogens is 3. The molecule has 5 nitrogen and oxygen atoms in total.